The van der Waals surface area contributed by atoms with Crippen LogP contribution in [0, 0.1) is 0 Å². The topological polar surface area (TPSA) is 48.4 Å². The Hall–Kier alpha value is -1.31. The first-order valence-electron chi connectivity index (χ1n) is 4.41. The van der Waals surface area contributed by atoms with Gasteiger partial charge in [0.1, 0.15) is 5.56 Å². The Balaban J connectivity index is 3.13. The summed E-state index contributed by atoms with van der Waals surface area (Å²) in [5, 5.41) is 0. The number of rotatable bonds is 3. The van der Waals surface area contributed by atoms with E-state index >= 15 is 0 Å². The van der Waals surface area contributed by atoms with E-state index in [1.807, 2.05) is 0 Å². The van der Waals surface area contributed by atoms with Crippen molar-refractivity contribution in [2.24, 2.45) is 0 Å². The molecule has 0 fully saturated rings. The van der Waals surface area contributed by atoms with Crippen LogP contribution in [0.1, 0.15) is 17.3 Å². The molecule has 0 aliphatic rings. The number of carbonyl (C=O) groups is 1. The molecule has 1 heterocycles. The number of carbonyl (C=O) groups excluding carboxylic acids is 1. The zero-order valence-corrected chi connectivity index (χ0v) is 10.1. The van der Waals surface area contributed by atoms with E-state index in [9.17, 15) is 18.0 Å². The summed E-state index contributed by atoms with van der Waals surface area (Å²) in [4.78, 5) is 15.0. The van der Waals surface area contributed by atoms with E-state index in [0.717, 1.165) is 12.4 Å². The molecule has 17 heavy (non-hydrogen) atoms. The van der Waals surface area contributed by atoms with E-state index < -0.39 is 23.6 Å². The van der Waals surface area contributed by atoms with E-state index in [4.69, 9.17) is 0 Å². The fourth-order valence-corrected chi connectivity index (χ4v) is 1.41. The molecule has 0 bridgehead atoms. The summed E-state index contributed by atoms with van der Waals surface area (Å²) in [6.45, 7) is 1.57. The zero-order valence-electron chi connectivity index (χ0n) is 8.55. The number of hydrogen-bond acceptors (Lipinski definition) is 4. The van der Waals surface area contributed by atoms with Crippen LogP contribution in [0.5, 0.6) is 5.75 Å². The third kappa shape index (κ3) is 3.88. The third-order valence-corrected chi connectivity index (χ3v) is 2.13. The van der Waals surface area contributed by atoms with Crippen molar-refractivity contribution in [2.45, 2.75) is 13.3 Å². The fraction of sp³-hybridized carbons (Fsp3) is 0.333. The molecule has 0 aliphatic heterocycles. The van der Waals surface area contributed by atoms with Crippen LogP contribution in [-0.4, -0.2) is 23.9 Å². The van der Waals surface area contributed by atoms with Gasteiger partial charge in [-0.25, -0.2) is 4.79 Å². The predicted molar refractivity (Wildman–Crippen MR) is 54.6 cm³/mol. The minimum absolute atomic E-state index is 0.0385. The number of nitrogens with zero attached hydrogens (tertiary/aromatic N) is 1. The number of esters is 1. The van der Waals surface area contributed by atoms with Crippen molar-refractivity contribution in [2.75, 3.05) is 6.61 Å². The van der Waals surface area contributed by atoms with E-state index in [1.165, 1.54) is 6.92 Å². The van der Waals surface area contributed by atoms with Crippen LogP contribution in [0.15, 0.2) is 16.9 Å². The molecule has 1 rings (SSSR count). The molecule has 0 aliphatic carbocycles. The number of pyridine rings is 1. The molecule has 8 heteroatoms. The molecule has 0 unspecified atom stereocenters. The van der Waals surface area contributed by atoms with Crippen LogP contribution < -0.4 is 4.74 Å². The summed E-state index contributed by atoms with van der Waals surface area (Å²) in [6, 6.07) is 0. The molecular weight excluding hydrogens is 307 g/mol. The molecule has 0 saturated carbocycles. The highest BCUT2D eigenvalue weighted by atomic mass is 79.9. The molecule has 1 aromatic heterocycles. The summed E-state index contributed by atoms with van der Waals surface area (Å²) < 4.78 is 44.7. The maximum absolute atomic E-state index is 12.1. The first-order chi connectivity index (χ1) is 7.85. The van der Waals surface area contributed by atoms with Crippen molar-refractivity contribution in [1.82, 2.24) is 4.98 Å². The minimum Gasteiger partial charge on any atom is -0.462 e. The molecule has 0 amide bonds. The van der Waals surface area contributed by atoms with Crippen LogP contribution in [0.4, 0.5) is 13.2 Å². The summed E-state index contributed by atoms with van der Waals surface area (Å²) in [7, 11) is 0. The lowest BCUT2D eigenvalue weighted by Crippen LogP contribution is -2.20. The molecule has 4 nitrogen and oxygen atoms in total. The highest BCUT2D eigenvalue weighted by Crippen LogP contribution is 2.33. The third-order valence-electron chi connectivity index (χ3n) is 1.57. The monoisotopic (exact) mass is 313 g/mol. The highest BCUT2D eigenvalue weighted by molar-refractivity contribution is 9.10. The molecule has 94 valence electrons. The van der Waals surface area contributed by atoms with Gasteiger partial charge in [-0.1, -0.05) is 0 Å². The van der Waals surface area contributed by atoms with Gasteiger partial charge < -0.3 is 9.47 Å². The Labute approximate surface area is 103 Å². The number of halogens is 4. The Kier molecular flexibility index (Phi) is 4.33. The van der Waals surface area contributed by atoms with Gasteiger partial charge in [-0.3, -0.25) is 4.98 Å². The van der Waals surface area contributed by atoms with Gasteiger partial charge in [0.2, 0.25) is 0 Å². The van der Waals surface area contributed by atoms with Crippen molar-refractivity contribution in [3.8, 4) is 5.75 Å². The van der Waals surface area contributed by atoms with Gasteiger partial charge in [-0.15, -0.1) is 13.2 Å². The zero-order chi connectivity index (χ0) is 13.1. The van der Waals surface area contributed by atoms with Crippen molar-refractivity contribution < 1.29 is 27.4 Å². The molecule has 0 N–H and O–H groups in total. The van der Waals surface area contributed by atoms with Gasteiger partial charge in [0.15, 0.2) is 5.75 Å². The largest absolute Gasteiger partial charge is 0.573 e. The molecule has 0 spiro atoms. The molecule has 0 atom stereocenters. The lowest BCUT2D eigenvalue weighted by atomic mass is 10.2. The first-order valence-corrected chi connectivity index (χ1v) is 5.20. The maximum Gasteiger partial charge on any atom is 0.573 e. The average molecular weight is 314 g/mol. The molecule has 0 aromatic carbocycles. The number of ether oxygens (including phenoxy) is 2. The standard InChI is InChI=1S/C9H7BrF3NO3/c1-2-16-8(15)5-3-14-4-6(10)7(5)17-9(11,12)13/h3-4H,2H2,1H3. The number of alkyl halides is 3. The van der Waals surface area contributed by atoms with Crippen LogP contribution >= 0.6 is 15.9 Å². The first kappa shape index (κ1) is 13.8. The second-order valence-corrected chi connectivity index (χ2v) is 3.62. The molecule has 1 aromatic rings. The SMILES string of the molecule is CCOC(=O)c1cncc(Br)c1OC(F)(F)F. The fourth-order valence-electron chi connectivity index (χ4n) is 0.997. The summed E-state index contributed by atoms with van der Waals surface area (Å²) in [5.41, 5.74) is -0.390. The molecule has 0 saturated heterocycles. The van der Waals surface area contributed by atoms with E-state index in [1.54, 1.807) is 0 Å². The highest BCUT2D eigenvalue weighted by Gasteiger charge is 2.34. The lowest BCUT2D eigenvalue weighted by Gasteiger charge is -2.13. The predicted octanol–water partition coefficient (Wildman–Crippen LogP) is 2.92. The van der Waals surface area contributed by atoms with E-state index in [-0.39, 0.29) is 11.1 Å². The Morgan fingerprint density at radius 2 is 2.12 bits per heavy atom. The molecule has 0 radical (unpaired) electrons. The normalized spacial score (nSPS) is 11.1. The maximum atomic E-state index is 12.1. The van der Waals surface area contributed by atoms with Crippen LogP contribution in [0.2, 0.25) is 0 Å². The summed E-state index contributed by atoms with van der Waals surface area (Å²) in [6.07, 6.45) is -2.86. The Morgan fingerprint density at radius 3 is 2.65 bits per heavy atom. The van der Waals surface area contributed by atoms with Crippen molar-refractivity contribution in [3.63, 3.8) is 0 Å². The number of aromatic nitrogens is 1. The second kappa shape index (κ2) is 5.35. The molecular formula is C9H7BrF3NO3. The number of hydrogen-bond donors (Lipinski definition) is 0. The van der Waals surface area contributed by atoms with Gasteiger partial charge >= 0.3 is 12.3 Å². The summed E-state index contributed by atoms with van der Waals surface area (Å²) >= 11 is 2.82. The smallest absolute Gasteiger partial charge is 0.462 e. The van der Waals surface area contributed by atoms with Crippen molar-refractivity contribution in [1.29, 1.82) is 0 Å². The van der Waals surface area contributed by atoms with Gasteiger partial charge in [-0.2, -0.15) is 0 Å². The van der Waals surface area contributed by atoms with E-state index in [0.29, 0.717) is 0 Å². The van der Waals surface area contributed by atoms with Gasteiger partial charge in [0.05, 0.1) is 11.1 Å². The van der Waals surface area contributed by atoms with Gasteiger partial charge in [0, 0.05) is 12.4 Å². The van der Waals surface area contributed by atoms with Crippen LogP contribution in [-0.2, 0) is 4.74 Å². The van der Waals surface area contributed by atoms with Gasteiger partial charge in [0.25, 0.3) is 0 Å². The Morgan fingerprint density at radius 1 is 1.47 bits per heavy atom. The minimum atomic E-state index is -4.90. The van der Waals surface area contributed by atoms with Crippen LogP contribution in [0.25, 0.3) is 0 Å². The van der Waals surface area contributed by atoms with Crippen LogP contribution in [0.3, 0.4) is 0 Å². The Bertz CT molecular complexity index is 422. The van der Waals surface area contributed by atoms with Crippen molar-refractivity contribution in [3.05, 3.63) is 22.4 Å². The average Bonchev–Trinajstić information content (AvgIpc) is 2.19. The van der Waals surface area contributed by atoms with Crippen molar-refractivity contribution >= 4 is 21.9 Å². The second-order valence-electron chi connectivity index (χ2n) is 2.77. The summed E-state index contributed by atoms with van der Waals surface area (Å²) in [5.74, 6) is -1.59. The van der Waals surface area contributed by atoms with E-state index in [2.05, 4.69) is 30.4 Å². The van der Waals surface area contributed by atoms with Gasteiger partial charge in [-0.05, 0) is 22.9 Å². The lowest BCUT2D eigenvalue weighted by molar-refractivity contribution is -0.275. The quantitative estimate of drug-likeness (QED) is 0.805.